The molecule has 0 aliphatic carbocycles. The van der Waals surface area contributed by atoms with Crippen molar-refractivity contribution in [1.82, 2.24) is 14.9 Å². The minimum absolute atomic E-state index is 0.0110. The SMILES string of the molecule is O=C(NCCS(=O)(=O)Nc1ccn2nccc2c1)Nc1ccccc1. The van der Waals surface area contributed by atoms with Gasteiger partial charge in [0, 0.05) is 24.6 Å². The third kappa shape index (κ3) is 4.70. The van der Waals surface area contributed by atoms with E-state index in [2.05, 4.69) is 20.5 Å². The summed E-state index contributed by atoms with van der Waals surface area (Å²) in [5.41, 5.74) is 1.86. The lowest BCUT2D eigenvalue weighted by Gasteiger charge is -2.10. The van der Waals surface area contributed by atoms with Gasteiger partial charge >= 0.3 is 6.03 Å². The normalized spacial score (nSPS) is 11.2. The van der Waals surface area contributed by atoms with Crippen LogP contribution >= 0.6 is 0 Å². The van der Waals surface area contributed by atoms with E-state index in [0.29, 0.717) is 11.4 Å². The van der Waals surface area contributed by atoms with Crippen molar-refractivity contribution in [3.05, 3.63) is 60.9 Å². The highest BCUT2D eigenvalue weighted by atomic mass is 32.2. The summed E-state index contributed by atoms with van der Waals surface area (Å²) in [5.74, 6) is -0.236. The van der Waals surface area contributed by atoms with Crippen LogP contribution in [0.1, 0.15) is 0 Å². The lowest BCUT2D eigenvalue weighted by atomic mass is 10.3. The van der Waals surface area contributed by atoms with Gasteiger partial charge in [0.1, 0.15) is 0 Å². The molecular weight excluding hydrogens is 342 g/mol. The number of para-hydroxylation sites is 1. The van der Waals surface area contributed by atoms with Gasteiger partial charge in [0.2, 0.25) is 10.0 Å². The van der Waals surface area contributed by atoms with Crippen LogP contribution in [0.15, 0.2) is 60.9 Å². The zero-order valence-corrected chi connectivity index (χ0v) is 14.0. The molecule has 0 radical (unpaired) electrons. The summed E-state index contributed by atoms with van der Waals surface area (Å²) >= 11 is 0. The molecule has 3 aromatic rings. The van der Waals surface area contributed by atoms with Gasteiger partial charge in [0.15, 0.2) is 0 Å². The van der Waals surface area contributed by atoms with E-state index in [1.807, 2.05) is 6.07 Å². The first-order valence-corrected chi connectivity index (χ1v) is 9.21. The Labute approximate surface area is 144 Å². The zero-order chi connectivity index (χ0) is 17.7. The first kappa shape index (κ1) is 16.8. The number of urea groups is 1. The molecule has 130 valence electrons. The van der Waals surface area contributed by atoms with Crippen LogP contribution in [0.2, 0.25) is 0 Å². The second-order valence-corrected chi connectivity index (χ2v) is 7.13. The van der Waals surface area contributed by atoms with E-state index in [4.69, 9.17) is 0 Å². The minimum Gasteiger partial charge on any atom is -0.337 e. The third-order valence-corrected chi connectivity index (χ3v) is 4.65. The van der Waals surface area contributed by atoms with Gasteiger partial charge in [-0.2, -0.15) is 5.10 Å². The maximum Gasteiger partial charge on any atom is 0.319 e. The van der Waals surface area contributed by atoms with E-state index >= 15 is 0 Å². The summed E-state index contributed by atoms with van der Waals surface area (Å²) in [6.07, 6.45) is 3.29. The number of hydrogen-bond acceptors (Lipinski definition) is 4. The molecule has 8 nitrogen and oxygen atoms in total. The second kappa shape index (κ2) is 7.22. The van der Waals surface area contributed by atoms with E-state index in [9.17, 15) is 13.2 Å². The average Bonchev–Trinajstić information content (AvgIpc) is 3.02. The Kier molecular flexibility index (Phi) is 4.85. The van der Waals surface area contributed by atoms with Gasteiger partial charge in [-0.25, -0.2) is 17.7 Å². The summed E-state index contributed by atoms with van der Waals surface area (Å²) < 4.78 is 28.3. The maximum atomic E-state index is 12.1. The number of aromatic nitrogens is 2. The second-order valence-electron chi connectivity index (χ2n) is 5.28. The van der Waals surface area contributed by atoms with Crippen molar-refractivity contribution in [2.24, 2.45) is 0 Å². The van der Waals surface area contributed by atoms with Crippen LogP contribution in [0.5, 0.6) is 0 Å². The van der Waals surface area contributed by atoms with Crippen LogP contribution in [0.4, 0.5) is 16.2 Å². The quantitative estimate of drug-likeness (QED) is 0.625. The van der Waals surface area contributed by atoms with E-state index in [0.717, 1.165) is 5.52 Å². The molecule has 0 atom stereocenters. The molecule has 1 aromatic carbocycles. The van der Waals surface area contributed by atoms with Crippen molar-refractivity contribution >= 4 is 32.9 Å². The van der Waals surface area contributed by atoms with Crippen LogP contribution in [-0.4, -0.2) is 36.4 Å². The number of nitrogens with zero attached hydrogens (tertiary/aromatic N) is 2. The van der Waals surface area contributed by atoms with Gasteiger partial charge in [0.05, 0.1) is 17.0 Å². The Bertz CT molecular complexity index is 970. The molecule has 9 heteroatoms. The molecule has 3 N–H and O–H groups in total. The molecule has 0 aliphatic rings. The predicted molar refractivity (Wildman–Crippen MR) is 96.1 cm³/mol. The fraction of sp³-hybridized carbons (Fsp3) is 0.125. The van der Waals surface area contributed by atoms with Gasteiger partial charge in [0.25, 0.3) is 0 Å². The Morgan fingerprint density at radius 3 is 2.68 bits per heavy atom. The lowest BCUT2D eigenvalue weighted by molar-refractivity contribution is 0.252. The molecule has 0 unspecified atom stereocenters. The smallest absolute Gasteiger partial charge is 0.319 e. The summed E-state index contributed by atoms with van der Waals surface area (Å²) in [6.45, 7) is -0.0110. The molecule has 25 heavy (non-hydrogen) atoms. The summed E-state index contributed by atoms with van der Waals surface area (Å²) in [6, 6.07) is 13.5. The number of pyridine rings is 1. The van der Waals surface area contributed by atoms with Crippen molar-refractivity contribution < 1.29 is 13.2 Å². The highest BCUT2D eigenvalue weighted by molar-refractivity contribution is 7.92. The van der Waals surface area contributed by atoms with Crippen LogP contribution < -0.4 is 15.4 Å². The van der Waals surface area contributed by atoms with Crippen molar-refractivity contribution in [1.29, 1.82) is 0 Å². The zero-order valence-electron chi connectivity index (χ0n) is 13.2. The minimum atomic E-state index is -3.58. The van der Waals surface area contributed by atoms with Crippen LogP contribution in [-0.2, 0) is 10.0 Å². The van der Waals surface area contributed by atoms with Crippen LogP contribution in [0, 0.1) is 0 Å². The number of amides is 2. The fourth-order valence-electron chi connectivity index (χ4n) is 2.21. The van der Waals surface area contributed by atoms with E-state index in [1.54, 1.807) is 59.4 Å². The first-order valence-electron chi connectivity index (χ1n) is 7.56. The van der Waals surface area contributed by atoms with E-state index in [1.165, 1.54) is 0 Å². The molecule has 0 saturated heterocycles. The third-order valence-electron chi connectivity index (χ3n) is 3.36. The number of rotatable bonds is 6. The van der Waals surface area contributed by atoms with Crippen molar-refractivity contribution in [2.75, 3.05) is 22.3 Å². The van der Waals surface area contributed by atoms with Crippen LogP contribution in [0.25, 0.3) is 5.52 Å². The molecule has 3 rings (SSSR count). The Hall–Kier alpha value is -3.07. The van der Waals surface area contributed by atoms with Gasteiger partial charge in [-0.1, -0.05) is 18.2 Å². The number of sulfonamides is 1. The summed E-state index contributed by atoms with van der Waals surface area (Å²) in [7, 11) is -3.58. The maximum absolute atomic E-state index is 12.1. The number of nitrogens with one attached hydrogen (secondary N) is 3. The molecule has 0 saturated carbocycles. The topological polar surface area (TPSA) is 105 Å². The molecule has 2 heterocycles. The largest absolute Gasteiger partial charge is 0.337 e. The standard InChI is InChI=1S/C16H17N5O3S/c22-16(19-13-4-2-1-3-5-13)17-9-11-25(23,24)20-14-7-10-21-15(12-14)6-8-18-21/h1-8,10,12,20H,9,11H2,(H2,17,19,22). The van der Waals surface area contributed by atoms with Crippen molar-refractivity contribution in [3.63, 3.8) is 0 Å². The first-order chi connectivity index (χ1) is 12.0. The van der Waals surface area contributed by atoms with Crippen molar-refractivity contribution in [3.8, 4) is 0 Å². The van der Waals surface area contributed by atoms with Gasteiger partial charge in [-0.15, -0.1) is 0 Å². The Morgan fingerprint density at radius 2 is 1.88 bits per heavy atom. The van der Waals surface area contributed by atoms with E-state index in [-0.39, 0.29) is 12.3 Å². The number of carbonyl (C=O) groups excluding carboxylic acids is 1. The Morgan fingerprint density at radius 1 is 1.08 bits per heavy atom. The fourth-order valence-corrected chi connectivity index (χ4v) is 3.17. The number of carbonyl (C=O) groups is 1. The van der Waals surface area contributed by atoms with E-state index < -0.39 is 16.1 Å². The predicted octanol–water partition coefficient (Wildman–Crippen LogP) is 1.90. The number of fused-ring (bicyclic) bond motifs is 1. The highest BCUT2D eigenvalue weighted by Gasteiger charge is 2.12. The average molecular weight is 359 g/mol. The van der Waals surface area contributed by atoms with Gasteiger partial charge in [-0.05, 0) is 30.3 Å². The summed E-state index contributed by atoms with van der Waals surface area (Å²) in [4.78, 5) is 11.7. The van der Waals surface area contributed by atoms with Gasteiger partial charge in [-0.3, -0.25) is 4.72 Å². The molecule has 0 bridgehead atoms. The molecule has 0 spiro atoms. The molecule has 2 amide bonds. The van der Waals surface area contributed by atoms with Gasteiger partial charge < -0.3 is 10.6 Å². The van der Waals surface area contributed by atoms with Crippen LogP contribution in [0.3, 0.4) is 0 Å². The molecular formula is C16H17N5O3S. The molecule has 0 fully saturated rings. The summed E-state index contributed by atoms with van der Waals surface area (Å²) in [5, 5.41) is 9.18. The number of hydrogen-bond donors (Lipinski definition) is 3. The Balaban J connectivity index is 1.50. The molecule has 0 aliphatic heterocycles. The molecule has 2 aromatic heterocycles. The number of anilines is 2. The van der Waals surface area contributed by atoms with Crippen molar-refractivity contribution in [2.45, 2.75) is 0 Å². The monoisotopic (exact) mass is 359 g/mol. The number of benzene rings is 1. The lowest BCUT2D eigenvalue weighted by Crippen LogP contribution is -2.34. The highest BCUT2D eigenvalue weighted by Crippen LogP contribution is 2.13.